The maximum Gasteiger partial charge on any atom is 0.337 e. The molecule has 0 spiro atoms. The molecule has 1 aromatic rings. The normalized spacial score (nSPS) is 17.9. The van der Waals surface area contributed by atoms with Gasteiger partial charge in [0.1, 0.15) is 0 Å². The molecule has 1 saturated heterocycles. The quantitative estimate of drug-likeness (QED) is 0.790. The minimum absolute atomic E-state index is 0.133. The lowest BCUT2D eigenvalue weighted by atomic mass is 9.99. The van der Waals surface area contributed by atoms with E-state index >= 15 is 0 Å². The largest absolute Gasteiger partial charge is 0.478 e. The van der Waals surface area contributed by atoms with Crippen molar-refractivity contribution < 1.29 is 14.6 Å². The Morgan fingerprint density at radius 2 is 2.13 bits per heavy atom. The Kier molecular flexibility index (Phi) is 2.36. The van der Waals surface area contributed by atoms with Crippen LogP contribution in [0, 0.1) is 0 Å². The van der Waals surface area contributed by atoms with Gasteiger partial charge in [0.05, 0.1) is 24.3 Å². The van der Waals surface area contributed by atoms with Crippen LogP contribution in [0.15, 0.2) is 24.3 Å². The highest BCUT2D eigenvalue weighted by Gasteiger charge is 2.33. The maximum atomic E-state index is 10.9. The Morgan fingerprint density at radius 3 is 2.67 bits per heavy atom. The van der Waals surface area contributed by atoms with Gasteiger partial charge >= 0.3 is 5.97 Å². The summed E-state index contributed by atoms with van der Waals surface area (Å²) in [6.07, 6.45) is 0. The van der Waals surface area contributed by atoms with Gasteiger partial charge in [-0.05, 0) is 19.1 Å². The Labute approximate surface area is 87.9 Å². The molecule has 1 fully saturated rings. The zero-order valence-electron chi connectivity index (χ0n) is 8.49. The highest BCUT2D eigenvalue weighted by molar-refractivity contribution is 5.94. The number of carbonyl (C=O) groups is 1. The monoisotopic (exact) mass is 207 g/mol. The van der Waals surface area contributed by atoms with E-state index in [1.807, 2.05) is 13.0 Å². The number of hydrogen-bond acceptors (Lipinski definition) is 3. The van der Waals surface area contributed by atoms with Crippen molar-refractivity contribution in [1.82, 2.24) is 0 Å². The van der Waals surface area contributed by atoms with Gasteiger partial charge in [0.15, 0.2) is 0 Å². The smallest absolute Gasteiger partial charge is 0.337 e. The van der Waals surface area contributed by atoms with Crippen LogP contribution in [0.5, 0.6) is 0 Å². The van der Waals surface area contributed by atoms with Crippen molar-refractivity contribution in [1.29, 1.82) is 0 Å². The van der Waals surface area contributed by atoms with Crippen LogP contribution in [0.4, 0.5) is 5.69 Å². The molecule has 2 N–H and O–H groups in total. The lowest BCUT2D eigenvalue weighted by molar-refractivity contribution is -0.0318. The van der Waals surface area contributed by atoms with E-state index < -0.39 is 5.97 Å². The van der Waals surface area contributed by atoms with Gasteiger partial charge in [-0.2, -0.15) is 0 Å². The van der Waals surface area contributed by atoms with Crippen LogP contribution in [0.3, 0.4) is 0 Å². The SMILES string of the molecule is CC1(Nc2ccccc2C(=O)O)COC1. The van der Waals surface area contributed by atoms with Crippen LogP contribution in [0.2, 0.25) is 0 Å². The van der Waals surface area contributed by atoms with Gasteiger partial charge in [0, 0.05) is 5.69 Å². The molecule has 1 aromatic carbocycles. The molecule has 2 rings (SSSR count). The van der Waals surface area contributed by atoms with Gasteiger partial charge in [0.25, 0.3) is 0 Å². The molecule has 0 saturated carbocycles. The summed E-state index contributed by atoms with van der Waals surface area (Å²) in [4.78, 5) is 10.9. The molecule has 4 heteroatoms. The average Bonchev–Trinajstić information content (AvgIpc) is 2.16. The van der Waals surface area contributed by atoms with E-state index in [0.29, 0.717) is 24.5 Å². The van der Waals surface area contributed by atoms with Gasteiger partial charge < -0.3 is 15.2 Å². The van der Waals surface area contributed by atoms with E-state index in [0.717, 1.165) is 0 Å². The second-order valence-corrected chi connectivity index (χ2v) is 4.03. The zero-order valence-corrected chi connectivity index (χ0v) is 8.49. The van der Waals surface area contributed by atoms with E-state index in [9.17, 15) is 4.79 Å². The number of anilines is 1. The van der Waals surface area contributed by atoms with Gasteiger partial charge in [-0.3, -0.25) is 0 Å². The molecule has 80 valence electrons. The van der Waals surface area contributed by atoms with E-state index in [1.165, 1.54) is 0 Å². The summed E-state index contributed by atoms with van der Waals surface area (Å²) < 4.78 is 5.10. The zero-order chi connectivity index (χ0) is 10.9. The van der Waals surface area contributed by atoms with Crippen LogP contribution in [0.1, 0.15) is 17.3 Å². The molecule has 0 amide bonds. The molecule has 4 nitrogen and oxygen atoms in total. The van der Waals surface area contributed by atoms with Crippen LogP contribution in [-0.4, -0.2) is 29.8 Å². The van der Waals surface area contributed by atoms with E-state index in [-0.39, 0.29) is 5.54 Å². The number of aromatic carboxylic acids is 1. The number of hydrogen-bond donors (Lipinski definition) is 2. The van der Waals surface area contributed by atoms with E-state index in [4.69, 9.17) is 9.84 Å². The van der Waals surface area contributed by atoms with Crippen LogP contribution in [0.25, 0.3) is 0 Å². The molecule has 0 unspecified atom stereocenters. The molecular weight excluding hydrogens is 194 g/mol. The summed E-state index contributed by atoms with van der Waals surface area (Å²) in [5.74, 6) is -0.915. The Morgan fingerprint density at radius 1 is 1.47 bits per heavy atom. The third kappa shape index (κ3) is 1.94. The number of nitrogens with one attached hydrogen (secondary N) is 1. The lowest BCUT2D eigenvalue weighted by Crippen LogP contribution is -2.53. The standard InChI is InChI=1S/C11H13NO3/c1-11(6-15-7-11)12-9-5-3-2-4-8(9)10(13)14/h2-5,12H,6-7H2,1H3,(H,13,14). The van der Waals surface area contributed by atoms with Gasteiger partial charge in [-0.15, -0.1) is 0 Å². The van der Waals surface area contributed by atoms with Crippen molar-refractivity contribution in [2.75, 3.05) is 18.5 Å². The van der Waals surface area contributed by atoms with Crippen molar-refractivity contribution >= 4 is 11.7 Å². The van der Waals surface area contributed by atoms with Crippen molar-refractivity contribution in [2.45, 2.75) is 12.5 Å². The first-order chi connectivity index (χ1) is 7.11. The average molecular weight is 207 g/mol. The second kappa shape index (κ2) is 3.55. The summed E-state index contributed by atoms with van der Waals surface area (Å²) in [6, 6.07) is 6.90. The highest BCUT2D eigenvalue weighted by Crippen LogP contribution is 2.25. The minimum Gasteiger partial charge on any atom is -0.478 e. The summed E-state index contributed by atoms with van der Waals surface area (Å²) >= 11 is 0. The topological polar surface area (TPSA) is 58.6 Å². The third-order valence-corrected chi connectivity index (χ3v) is 2.44. The minimum atomic E-state index is -0.915. The fourth-order valence-corrected chi connectivity index (χ4v) is 1.58. The van der Waals surface area contributed by atoms with Crippen LogP contribution < -0.4 is 5.32 Å². The molecule has 0 aromatic heterocycles. The van der Waals surface area contributed by atoms with Gasteiger partial charge in [-0.1, -0.05) is 12.1 Å². The van der Waals surface area contributed by atoms with E-state index in [1.54, 1.807) is 18.2 Å². The molecule has 0 radical (unpaired) electrons. The van der Waals surface area contributed by atoms with Crippen LogP contribution in [-0.2, 0) is 4.74 Å². The molecule has 0 aliphatic carbocycles. The first-order valence-corrected chi connectivity index (χ1v) is 4.79. The third-order valence-electron chi connectivity index (χ3n) is 2.44. The maximum absolute atomic E-state index is 10.9. The number of carboxylic acid groups (broad SMARTS) is 1. The number of rotatable bonds is 3. The molecule has 0 bridgehead atoms. The van der Waals surface area contributed by atoms with Crippen molar-refractivity contribution in [3.63, 3.8) is 0 Å². The summed E-state index contributed by atoms with van der Waals surface area (Å²) in [7, 11) is 0. The number of benzene rings is 1. The fraction of sp³-hybridized carbons (Fsp3) is 0.364. The Balaban J connectivity index is 2.23. The summed E-state index contributed by atoms with van der Waals surface area (Å²) in [5.41, 5.74) is 0.812. The summed E-state index contributed by atoms with van der Waals surface area (Å²) in [6.45, 7) is 3.23. The number of para-hydroxylation sites is 1. The van der Waals surface area contributed by atoms with Crippen molar-refractivity contribution in [3.05, 3.63) is 29.8 Å². The van der Waals surface area contributed by atoms with Gasteiger partial charge in [0.2, 0.25) is 0 Å². The van der Waals surface area contributed by atoms with Crippen molar-refractivity contribution in [3.8, 4) is 0 Å². The predicted octanol–water partition coefficient (Wildman–Crippen LogP) is 1.59. The molecule has 0 atom stereocenters. The second-order valence-electron chi connectivity index (χ2n) is 4.03. The Bertz CT molecular complexity index is 385. The first kappa shape index (κ1) is 9.98. The molecule has 1 aliphatic rings. The van der Waals surface area contributed by atoms with Crippen LogP contribution >= 0.6 is 0 Å². The molecule has 1 aliphatic heterocycles. The molecule has 15 heavy (non-hydrogen) atoms. The predicted molar refractivity (Wildman–Crippen MR) is 56.2 cm³/mol. The molecular formula is C11H13NO3. The molecule has 1 heterocycles. The highest BCUT2D eigenvalue weighted by atomic mass is 16.5. The van der Waals surface area contributed by atoms with Crippen molar-refractivity contribution in [2.24, 2.45) is 0 Å². The summed E-state index contributed by atoms with van der Waals surface area (Å²) in [5, 5.41) is 12.2. The fourth-order valence-electron chi connectivity index (χ4n) is 1.58. The Hall–Kier alpha value is -1.55. The number of ether oxygens (including phenoxy) is 1. The first-order valence-electron chi connectivity index (χ1n) is 4.79. The lowest BCUT2D eigenvalue weighted by Gasteiger charge is -2.39. The van der Waals surface area contributed by atoms with Gasteiger partial charge in [-0.25, -0.2) is 4.79 Å². The van der Waals surface area contributed by atoms with E-state index in [2.05, 4.69) is 5.32 Å². The number of carboxylic acids is 1.